The molecular formula is C22H21ClFN5O4. The summed E-state index contributed by atoms with van der Waals surface area (Å²) in [7, 11) is 0. The summed E-state index contributed by atoms with van der Waals surface area (Å²) in [5, 5.41) is 10.3. The number of pyridine rings is 2. The van der Waals surface area contributed by atoms with Gasteiger partial charge in [0, 0.05) is 34.9 Å². The Labute approximate surface area is 193 Å². The van der Waals surface area contributed by atoms with Crippen molar-refractivity contribution < 1.29 is 23.8 Å². The minimum absolute atomic E-state index is 0.127. The number of benzene rings is 1. The monoisotopic (exact) mass is 473 g/mol. The average molecular weight is 474 g/mol. The van der Waals surface area contributed by atoms with Gasteiger partial charge in [0.1, 0.15) is 23.9 Å². The summed E-state index contributed by atoms with van der Waals surface area (Å²) >= 11 is 6.34. The molecule has 0 aliphatic carbocycles. The van der Waals surface area contributed by atoms with Crippen LogP contribution >= 0.6 is 11.6 Å². The maximum atomic E-state index is 15.4. The summed E-state index contributed by atoms with van der Waals surface area (Å²) in [4.78, 5) is 34.5. The number of urea groups is 1. The molecule has 0 saturated carbocycles. The Balaban J connectivity index is 1.93. The van der Waals surface area contributed by atoms with Gasteiger partial charge in [0.15, 0.2) is 0 Å². The number of rotatable bonds is 3. The number of nitrogens with two attached hydrogens (primary N) is 1. The van der Waals surface area contributed by atoms with Crippen LogP contribution < -0.4 is 20.3 Å². The minimum Gasteiger partial charge on any atom is -0.474 e. The molecule has 33 heavy (non-hydrogen) atoms. The summed E-state index contributed by atoms with van der Waals surface area (Å²) in [6.45, 7) is 5.55. The fourth-order valence-electron chi connectivity index (χ4n) is 3.98. The lowest BCUT2D eigenvalue weighted by molar-refractivity contribution is 0.196. The highest BCUT2D eigenvalue weighted by Gasteiger charge is 2.29. The number of anilines is 2. The van der Waals surface area contributed by atoms with Gasteiger partial charge in [-0.15, -0.1) is 0 Å². The van der Waals surface area contributed by atoms with Crippen molar-refractivity contribution in [2.75, 3.05) is 23.0 Å². The molecule has 3 aromatic rings. The summed E-state index contributed by atoms with van der Waals surface area (Å²) in [6.07, 6.45) is 1.65. The third kappa shape index (κ3) is 3.76. The number of carbonyl (C=O) groups is 2. The molecule has 2 aromatic heterocycles. The highest BCUT2D eigenvalue weighted by Crippen LogP contribution is 2.42. The number of primary amides is 1. The first-order valence-corrected chi connectivity index (χ1v) is 10.5. The van der Waals surface area contributed by atoms with E-state index in [2.05, 4.69) is 9.97 Å². The number of nitrogens with zero attached hydrogens (tertiary/aromatic N) is 4. The van der Waals surface area contributed by atoms with E-state index in [0.29, 0.717) is 27.7 Å². The molecule has 0 bridgehead atoms. The van der Waals surface area contributed by atoms with Crippen molar-refractivity contribution in [3.05, 3.63) is 40.9 Å². The van der Waals surface area contributed by atoms with Gasteiger partial charge in [-0.2, -0.15) is 0 Å². The van der Waals surface area contributed by atoms with Crippen molar-refractivity contribution in [3.8, 4) is 17.0 Å². The Kier molecular flexibility index (Phi) is 5.71. The van der Waals surface area contributed by atoms with Crippen LogP contribution in [0.3, 0.4) is 0 Å². The van der Waals surface area contributed by atoms with E-state index in [1.807, 2.05) is 0 Å². The molecule has 0 unspecified atom stereocenters. The van der Waals surface area contributed by atoms with Crippen LogP contribution in [0.1, 0.15) is 19.4 Å². The lowest BCUT2D eigenvalue weighted by atomic mass is 9.97. The van der Waals surface area contributed by atoms with E-state index in [-0.39, 0.29) is 41.3 Å². The number of amides is 3. The summed E-state index contributed by atoms with van der Waals surface area (Å²) < 4.78 is 20.9. The van der Waals surface area contributed by atoms with Gasteiger partial charge in [-0.25, -0.2) is 23.9 Å². The molecule has 0 radical (unpaired) electrons. The Morgan fingerprint density at radius 2 is 2.00 bits per heavy atom. The minimum atomic E-state index is -1.16. The van der Waals surface area contributed by atoms with Gasteiger partial charge in [-0.3, -0.25) is 9.80 Å². The molecular weight excluding hydrogens is 453 g/mol. The van der Waals surface area contributed by atoms with E-state index in [0.717, 1.165) is 4.90 Å². The number of fused-ring (bicyclic) bond motifs is 2. The lowest BCUT2D eigenvalue weighted by Crippen LogP contribution is -2.41. The van der Waals surface area contributed by atoms with Crippen molar-refractivity contribution in [3.63, 3.8) is 0 Å². The number of ether oxygens (including phenoxy) is 1. The quantitative estimate of drug-likeness (QED) is 0.574. The van der Waals surface area contributed by atoms with Crippen molar-refractivity contribution in [2.24, 2.45) is 5.73 Å². The molecule has 0 fully saturated rings. The predicted molar refractivity (Wildman–Crippen MR) is 123 cm³/mol. The topological polar surface area (TPSA) is 122 Å². The second-order valence-corrected chi connectivity index (χ2v) is 8.23. The number of halogens is 2. The van der Waals surface area contributed by atoms with Gasteiger partial charge in [0.25, 0.3) is 0 Å². The number of hydrogen-bond donors (Lipinski definition) is 2. The molecule has 3 heterocycles. The molecule has 1 aliphatic heterocycles. The van der Waals surface area contributed by atoms with Crippen molar-refractivity contribution in [1.82, 2.24) is 9.97 Å². The van der Waals surface area contributed by atoms with Gasteiger partial charge < -0.3 is 15.6 Å². The third-order valence-corrected chi connectivity index (χ3v) is 5.87. The maximum absolute atomic E-state index is 15.4. The van der Waals surface area contributed by atoms with Crippen LogP contribution in [0.25, 0.3) is 21.9 Å². The van der Waals surface area contributed by atoms with Crippen LogP contribution in [0.15, 0.2) is 24.5 Å². The SMILES string of the molecule is Cc1c(-c2cc3cc(N(C(N)=O)C(C)C)ncc3c(Cl)c2F)cnc2c1N(C(=O)O)CCO2. The maximum Gasteiger partial charge on any atom is 0.412 e. The van der Waals surface area contributed by atoms with Crippen molar-refractivity contribution in [1.29, 1.82) is 0 Å². The van der Waals surface area contributed by atoms with Gasteiger partial charge in [0.05, 0.1) is 11.6 Å². The fraction of sp³-hybridized carbons (Fsp3) is 0.273. The molecule has 3 amide bonds. The normalized spacial score (nSPS) is 13.1. The second kappa shape index (κ2) is 8.36. The Hall–Kier alpha value is -3.66. The van der Waals surface area contributed by atoms with Gasteiger partial charge >= 0.3 is 12.1 Å². The average Bonchev–Trinajstić information content (AvgIpc) is 2.76. The number of carbonyl (C=O) groups excluding carboxylic acids is 1. The first-order valence-electron chi connectivity index (χ1n) is 10.1. The van der Waals surface area contributed by atoms with Crippen LogP contribution in [0.2, 0.25) is 5.02 Å². The third-order valence-electron chi connectivity index (χ3n) is 5.51. The molecule has 172 valence electrons. The van der Waals surface area contributed by atoms with E-state index in [1.165, 1.54) is 17.3 Å². The molecule has 9 nitrogen and oxygen atoms in total. The van der Waals surface area contributed by atoms with Crippen LogP contribution in [-0.2, 0) is 0 Å². The van der Waals surface area contributed by atoms with E-state index in [4.69, 9.17) is 22.1 Å². The number of aromatic nitrogens is 2. The summed E-state index contributed by atoms with van der Waals surface area (Å²) in [5.74, 6) is -0.236. The molecule has 0 saturated heterocycles. The molecule has 1 aromatic carbocycles. The molecule has 1 aliphatic rings. The van der Waals surface area contributed by atoms with Crippen LogP contribution in [0, 0.1) is 12.7 Å². The summed E-state index contributed by atoms with van der Waals surface area (Å²) in [6, 6.07) is 2.24. The highest BCUT2D eigenvalue weighted by molar-refractivity contribution is 6.36. The van der Waals surface area contributed by atoms with E-state index in [1.54, 1.807) is 32.9 Å². The molecule has 0 spiro atoms. The zero-order valence-electron chi connectivity index (χ0n) is 18.1. The van der Waals surface area contributed by atoms with E-state index >= 15 is 4.39 Å². The van der Waals surface area contributed by atoms with Crippen LogP contribution in [0.5, 0.6) is 5.88 Å². The molecule has 11 heteroatoms. The second-order valence-electron chi connectivity index (χ2n) is 7.85. The smallest absolute Gasteiger partial charge is 0.412 e. The van der Waals surface area contributed by atoms with Gasteiger partial charge in [-0.05, 0) is 43.9 Å². The Morgan fingerprint density at radius 1 is 1.27 bits per heavy atom. The number of hydrogen-bond acceptors (Lipinski definition) is 5. The Bertz CT molecular complexity index is 1300. The lowest BCUT2D eigenvalue weighted by Gasteiger charge is -2.28. The van der Waals surface area contributed by atoms with E-state index in [9.17, 15) is 14.7 Å². The standard InChI is InChI=1S/C22H21ClFN5O4/c1-10(2)29(21(25)30)16-7-12-6-13(18(24)17(23)15(12)9-26-16)14-8-27-20-19(11(14)3)28(22(31)32)4-5-33-20/h6-10H,4-5H2,1-3H3,(H2,25,30)(H,31,32). The molecule has 0 atom stereocenters. The van der Waals surface area contributed by atoms with Gasteiger partial charge in [0.2, 0.25) is 5.88 Å². The predicted octanol–water partition coefficient (Wildman–Crippen LogP) is 4.57. The van der Waals surface area contributed by atoms with Crippen LogP contribution in [-0.4, -0.2) is 46.4 Å². The van der Waals surface area contributed by atoms with Gasteiger partial charge in [-0.1, -0.05) is 11.6 Å². The van der Waals surface area contributed by atoms with Crippen molar-refractivity contribution in [2.45, 2.75) is 26.8 Å². The largest absolute Gasteiger partial charge is 0.474 e. The summed E-state index contributed by atoms with van der Waals surface area (Å²) in [5.41, 5.74) is 6.73. The van der Waals surface area contributed by atoms with E-state index < -0.39 is 17.9 Å². The fourth-order valence-corrected chi connectivity index (χ4v) is 4.24. The first kappa shape index (κ1) is 22.5. The molecule has 4 rings (SSSR count). The Morgan fingerprint density at radius 3 is 2.64 bits per heavy atom. The van der Waals surface area contributed by atoms with Crippen molar-refractivity contribution >= 4 is 46.0 Å². The zero-order chi connectivity index (χ0) is 24.0. The first-order chi connectivity index (χ1) is 15.6. The zero-order valence-corrected chi connectivity index (χ0v) is 18.9. The van der Waals surface area contributed by atoms with Crippen LogP contribution in [0.4, 0.5) is 25.5 Å². The highest BCUT2D eigenvalue weighted by atomic mass is 35.5. The number of carboxylic acid groups (broad SMARTS) is 1. The molecule has 3 N–H and O–H groups in total.